The molecule has 0 saturated heterocycles. The van der Waals surface area contributed by atoms with Gasteiger partial charge >= 0.3 is 0 Å². The van der Waals surface area contributed by atoms with Crippen molar-refractivity contribution in [3.63, 3.8) is 0 Å². The average molecular weight is 498 g/mol. The summed E-state index contributed by atoms with van der Waals surface area (Å²) in [5.74, 6) is 3.93. The van der Waals surface area contributed by atoms with Crippen molar-refractivity contribution in [3.05, 3.63) is 24.3 Å². The molecule has 0 heterocycles. The molecule has 10 atom stereocenters. The van der Waals surface area contributed by atoms with E-state index in [9.17, 15) is 15.0 Å². The minimum absolute atomic E-state index is 0.0691. The maximum atomic E-state index is 12.7. The van der Waals surface area contributed by atoms with Gasteiger partial charge in [-0.15, -0.1) is 0 Å². The molecule has 0 bridgehead atoms. The van der Waals surface area contributed by atoms with Gasteiger partial charge < -0.3 is 20.3 Å². The number of hydrogen-bond donors (Lipinski definition) is 3. The minimum atomic E-state index is -0.231. The summed E-state index contributed by atoms with van der Waals surface area (Å²) in [6.45, 7) is 7.33. The predicted octanol–water partition coefficient (Wildman–Crippen LogP) is 6.04. The molecule has 5 nitrogen and oxygen atoms in total. The first kappa shape index (κ1) is 26.0. The third-order valence-corrected chi connectivity index (χ3v) is 11.6. The number of fused-ring (bicyclic) bond motifs is 5. The molecule has 1 amide bonds. The number of amides is 1. The molecule has 0 radical (unpaired) electrons. The number of carbonyl (C=O) groups is 1. The highest BCUT2D eigenvalue weighted by atomic mass is 16.5. The number of benzene rings is 1. The third kappa shape index (κ3) is 4.49. The summed E-state index contributed by atoms with van der Waals surface area (Å²) in [7, 11) is 1.63. The maximum absolute atomic E-state index is 12.7. The second-order valence-electron chi connectivity index (χ2n) is 13.2. The summed E-state index contributed by atoms with van der Waals surface area (Å²) in [5.41, 5.74) is 1.31. The SMILES string of the molecule is COc1cccc(NC(=O)CC[C@@H](C)[C@@H]2CC[C@@H]3[C@H]4[C@@H](CC[C@@]32C)[C@@]2(C)CC[C@@H](O)C[C@@H]2C[C@@H]4O)c1. The highest BCUT2D eigenvalue weighted by Gasteiger charge is 2.62. The summed E-state index contributed by atoms with van der Waals surface area (Å²) < 4.78 is 5.27. The lowest BCUT2D eigenvalue weighted by Crippen LogP contribution is -2.58. The molecule has 0 spiro atoms. The normalized spacial score (nSPS) is 42.6. The van der Waals surface area contributed by atoms with E-state index in [-0.39, 0.29) is 28.9 Å². The number of rotatable bonds is 6. The molecule has 5 rings (SSSR count). The fourth-order valence-electron chi connectivity index (χ4n) is 9.66. The summed E-state index contributed by atoms with van der Waals surface area (Å²) in [5, 5.41) is 24.8. The van der Waals surface area contributed by atoms with Crippen molar-refractivity contribution in [3.8, 4) is 5.75 Å². The van der Waals surface area contributed by atoms with E-state index in [2.05, 4.69) is 26.1 Å². The first-order valence-electron chi connectivity index (χ1n) is 14.5. The molecule has 200 valence electrons. The molecule has 1 aromatic rings. The molecule has 36 heavy (non-hydrogen) atoms. The first-order chi connectivity index (χ1) is 17.2. The number of aliphatic hydroxyl groups excluding tert-OH is 2. The van der Waals surface area contributed by atoms with Gasteiger partial charge in [-0.2, -0.15) is 0 Å². The van der Waals surface area contributed by atoms with Crippen LogP contribution in [-0.2, 0) is 4.79 Å². The van der Waals surface area contributed by atoms with Gasteiger partial charge in [0.1, 0.15) is 5.75 Å². The van der Waals surface area contributed by atoms with Crippen molar-refractivity contribution in [2.75, 3.05) is 12.4 Å². The number of ether oxygens (including phenoxy) is 1. The van der Waals surface area contributed by atoms with Crippen LogP contribution < -0.4 is 10.1 Å². The summed E-state index contributed by atoms with van der Waals surface area (Å²) >= 11 is 0. The molecule has 5 heteroatoms. The molecule has 4 saturated carbocycles. The Hall–Kier alpha value is -1.59. The van der Waals surface area contributed by atoms with E-state index in [0.29, 0.717) is 41.9 Å². The summed E-state index contributed by atoms with van der Waals surface area (Å²) in [6, 6.07) is 7.53. The Morgan fingerprint density at radius 1 is 1.08 bits per heavy atom. The second kappa shape index (κ2) is 9.94. The van der Waals surface area contributed by atoms with Gasteiger partial charge in [0.2, 0.25) is 5.91 Å². The molecule has 4 aliphatic rings. The largest absolute Gasteiger partial charge is 0.497 e. The smallest absolute Gasteiger partial charge is 0.224 e. The Kier molecular flexibility index (Phi) is 7.19. The van der Waals surface area contributed by atoms with Crippen molar-refractivity contribution < 1.29 is 19.7 Å². The van der Waals surface area contributed by atoms with Crippen molar-refractivity contribution in [1.82, 2.24) is 0 Å². The van der Waals surface area contributed by atoms with Gasteiger partial charge in [0.25, 0.3) is 0 Å². The Bertz CT molecular complexity index is 950. The van der Waals surface area contributed by atoms with Crippen LogP contribution in [0.3, 0.4) is 0 Å². The van der Waals surface area contributed by atoms with E-state index in [1.807, 2.05) is 24.3 Å². The van der Waals surface area contributed by atoms with Crippen molar-refractivity contribution in [1.29, 1.82) is 0 Å². The molecule has 4 fully saturated rings. The lowest BCUT2D eigenvalue weighted by molar-refractivity contribution is -0.174. The van der Waals surface area contributed by atoms with E-state index in [1.54, 1.807) is 7.11 Å². The van der Waals surface area contributed by atoms with Gasteiger partial charge in [-0.3, -0.25) is 4.79 Å². The zero-order chi connectivity index (χ0) is 25.7. The van der Waals surface area contributed by atoms with E-state index in [0.717, 1.165) is 43.5 Å². The van der Waals surface area contributed by atoms with Gasteiger partial charge in [0.15, 0.2) is 0 Å². The molecular formula is C31H47NO4. The fraction of sp³-hybridized carbons (Fsp3) is 0.774. The molecule has 0 unspecified atom stereocenters. The topological polar surface area (TPSA) is 78.8 Å². The monoisotopic (exact) mass is 497 g/mol. The number of aliphatic hydroxyl groups is 2. The van der Waals surface area contributed by atoms with E-state index < -0.39 is 0 Å². The van der Waals surface area contributed by atoms with E-state index >= 15 is 0 Å². The van der Waals surface area contributed by atoms with Crippen molar-refractivity contribution >= 4 is 11.6 Å². The van der Waals surface area contributed by atoms with Crippen LogP contribution in [0.25, 0.3) is 0 Å². The maximum Gasteiger partial charge on any atom is 0.224 e. The van der Waals surface area contributed by atoms with Crippen LogP contribution in [0.1, 0.15) is 85.0 Å². The minimum Gasteiger partial charge on any atom is -0.497 e. The Labute approximate surface area is 217 Å². The molecule has 3 N–H and O–H groups in total. The fourth-order valence-corrected chi connectivity index (χ4v) is 9.66. The lowest BCUT2D eigenvalue weighted by Gasteiger charge is -2.62. The predicted molar refractivity (Wildman–Crippen MR) is 143 cm³/mol. The molecular weight excluding hydrogens is 450 g/mol. The summed E-state index contributed by atoms with van der Waals surface area (Å²) in [4.78, 5) is 12.7. The van der Waals surface area contributed by atoms with Gasteiger partial charge in [0.05, 0.1) is 19.3 Å². The molecule has 1 aromatic carbocycles. The quantitative estimate of drug-likeness (QED) is 0.448. The average Bonchev–Trinajstić information content (AvgIpc) is 3.21. The summed E-state index contributed by atoms with van der Waals surface area (Å²) in [6.07, 6.45) is 9.66. The van der Waals surface area contributed by atoms with E-state index in [1.165, 1.54) is 25.7 Å². The van der Waals surface area contributed by atoms with Crippen LogP contribution >= 0.6 is 0 Å². The third-order valence-electron chi connectivity index (χ3n) is 11.6. The molecule has 4 aliphatic carbocycles. The molecule has 0 aliphatic heterocycles. The number of anilines is 1. The highest BCUT2D eigenvalue weighted by Crippen LogP contribution is 2.68. The lowest BCUT2D eigenvalue weighted by atomic mass is 9.43. The van der Waals surface area contributed by atoms with Crippen LogP contribution in [0.4, 0.5) is 5.69 Å². The number of nitrogens with one attached hydrogen (secondary N) is 1. The van der Waals surface area contributed by atoms with Gasteiger partial charge in [-0.05, 0) is 116 Å². The molecule has 0 aromatic heterocycles. The zero-order valence-corrected chi connectivity index (χ0v) is 22.7. The van der Waals surface area contributed by atoms with Crippen LogP contribution in [-0.4, -0.2) is 35.4 Å². The Morgan fingerprint density at radius 2 is 1.83 bits per heavy atom. The number of hydrogen-bond acceptors (Lipinski definition) is 4. The Balaban J connectivity index is 1.23. The Morgan fingerprint density at radius 3 is 2.61 bits per heavy atom. The van der Waals surface area contributed by atoms with Crippen molar-refractivity contribution in [2.45, 2.75) is 97.2 Å². The highest BCUT2D eigenvalue weighted by molar-refractivity contribution is 5.90. The van der Waals surface area contributed by atoms with E-state index in [4.69, 9.17) is 4.74 Å². The standard InChI is InChI=1S/C31H47NO4/c1-19(8-11-28(35)32-21-6-5-7-23(18-21)36-4)24-9-10-25-29-26(13-15-31(24,25)3)30(2)14-12-22(33)16-20(30)17-27(29)34/h5-7,18-20,22,24-27,29,33-34H,8-17H2,1-4H3,(H,32,35)/t19-,20-,22-,24+,25-,26-,27+,29+,30+,31-/m1/s1. The zero-order valence-electron chi connectivity index (χ0n) is 22.7. The van der Waals surface area contributed by atoms with Gasteiger partial charge in [-0.25, -0.2) is 0 Å². The number of methoxy groups -OCH3 is 1. The van der Waals surface area contributed by atoms with Gasteiger partial charge in [-0.1, -0.05) is 26.8 Å². The van der Waals surface area contributed by atoms with Crippen LogP contribution in [0.2, 0.25) is 0 Å². The van der Waals surface area contributed by atoms with Gasteiger partial charge in [0, 0.05) is 18.2 Å². The first-order valence-corrected chi connectivity index (χ1v) is 14.5. The second-order valence-corrected chi connectivity index (χ2v) is 13.2. The van der Waals surface area contributed by atoms with Crippen LogP contribution in [0.5, 0.6) is 5.75 Å². The van der Waals surface area contributed by atoms with Crippen molar-refractivity contribution in [2.24, 2.45) is 46.3 Å². The number of carbonyl (C=O) groups excluding carboxylic acids is 1. The van der Waals surface area contributed by atoms with Crippen LogP contribution in [0, 0.1) is 46.3 Å². The van der Waals surface area contributed by atoms with Crippen LogP contribution in [0.15, 0.2) is 24.3 Å².